The van der Waals surface area contributed by atoms with Crippen molar-refractivity contribution >= 4 is 22.8 Å². The highest BCUT2D eigenvalue weighted by Gasteiger charge is 2.43. The van der Waals surface area contributed by atoms with Crippen LogP contribution in [0.4, 0.5) is 39.1 Å². The average Bonchev–Trinajstić information content (AvgIpc) is 3.15. The molecule has 4 rings (SSSR count). The summed E-state index contributed by atoms with van der Waals surface area (Å²) >= 11 is 0. The number of H-pyrrole nitrogens is 1. The fourth-order valence-corrected chi connectivity index (χ4v) is 3.13. The summed E-state index contributed by atoms with van der Waals surface area (Å²) in [4.78, 5) is 17.7. The van der Waals surface area contributed by atoms with Crippen molar-refractivity contribution in [1.29, 1.82) is 0 Å². The second kappa shape index (κ2) is 8.21. The summed E-state index contributed by atoms with van der Waals surface area (Å²) in [7, 11) is 0. The van der Waals surface area contributed by atoms with E-state index < -0.39 is 18.5 Å². The topological polar surface area (TPSA) is 83.5 Å². The molecule has 4 aromatic rings. The smallest absolute Gasteiger partial charge is 0.435 e. The second-order valence-corrected chi connectivity index (χ2v) is 6.52. The molecule has 0 aliphatic heterocycles. The number of fused-ring (bicyclic) bond motifs is 1. The number of alkyl halides is 5. The molecule has 3 aromatic heterocycles. The molecule has 0 atom stereocenters. The lowest BCUT2D eigenvalue weighted by Crippen LogP contribution is -2.23. The standard InChI is InChI=1S/C20H12F5N5O2/c21-19(22)32-13-6-4-11(5-7-13)26-15-10-12(29-31)9-14(27-15)17-18(20(23,24)25)28-16-3-1-2-8-30(16)17/h1-10,19H,(H,26,27)/p+1. The van der Waals surface area contributed by atoms with Gasteiger partial charge in [0.05, 0.1) is 6.20 Å². The molecule has 164 valence electrons. The molecule has 0 fully saturated rings. The van der Waals surface area contributed by atoms with Crippen molar-refractivity contribution in [2.45, 2.75) is 12.8 Å². The highest BCUT2D eigenvalue weighted by Crippen LogP contribution is 2.36. The number of benzene rings is 1. The van der Waals surface area contributed by atoms with Crippen LogP contribution in [0, 0.1) is 4.91 Å². The van der Waals surface area contributed by atoms with E-state index in [0.29, 0.717) is 5.69 Å². The third-order valence-corrected chi connectivity index (χ3v) is 4.38. The Balaban J connectivity index is 1.78. The van der Waals surface area contributed by atoms with Gasteiger partial charge in [-0.1, -0.05) is 6.07 Å². The Bertz CT molecular complexity index is 1270. The third-order valence-electron chi connectivity index (χ3n) is 4.38. The molecular formula is C20H13F5N5O2+. The summed E-state index contributed by atoms with van der Waals surface area (Å²) in [5.41, 5.74) is -1.12. The van der Waals surface area contributed by atoms with E-state index in [2.05, 4.69) is 25.2 Å². The SMILES string of the molecule is O=Nc1cc(Nc2ccc(OC(F)F)cc2)nc(-c2c(C(F)(F)F)[nH]c3cccc[n+]23)c1. The Labute approximate surface area is 176 Å². The number of nitroso groups, excluding NO2 is 1. The van der Waals surface area contributed by atoms with Crippen LogP contribution < -0.4 is 14.5 Å². The number of aromatic nitrogens is 3. The summed E-state index contributed by atoms with van der Waals surface area (Å²) < 4.78 is 71.2. The van der Waals surface area contributed by atoms with Crippen molar-refractivity contribution in [3.8, 4) is 17.1 Å². The third kappa shape index (κ3) is 4.33. The quantitative estimate of drug-likeness (QED) is 0.228. The predicted molar refractivity (Wildman–Crippen MR) is 104 cm³/mol. The Morgan fingerprint density at radius 2 is 1.84 bits per heavy atom. The first-order valence-corrected chi connectivity index (χ1v) is 9.02. The number of hydrogen-bond acceptors (Lipinski definition) is 5. The first-order chi connectivity index (χ1) is 15.2. The molecule has 0 spiro atoms. The second-order valence-electron chi connectivity index (χ2n) is 6.52. The zero-order valence-corrected chi connectivity index (χ0v) is 15.9. The van der Waals surface area contributed by atoms with Gasteiger partial charge in [-0.3, -0.25) is 0 Å². The van der Waals surface area contributed by atoms with E-state index in [0.717, 1.165) is 6.07 Å². The number of pyridine rings is 2. The van der Waals surface area contributed by atoms with Crippen LogP contribution in [0.15, 0.2) is 66.0 Å². The van der Waals surface area contributed by atoms with Crippen LogP contribution in [-0.4, -0.2) is 16.6 Å². The van der Waals surface area contributed by atoms with Crippen LogP contribution in [0.2, 0.25) is 0 Å². The van der Waals surface area contributed by atoms with Gasteiger partial charge in [-0.05, 0) is 41.6 Å². The van der Waals surface area contributed by atoms with Crippen LogP contribution in [0.5, 0.6) is 5.75 Å². The Kier molecular flexibility index (Phi) is 5.43. The maximum Gasteiger partial charge on any atom is 0.457 e. The highest BCUT2D eigenvalue weighted by atomic mass is 19.4. The minimum absolute atomic E-state index is 0.0265. The van der Waals surface area contributed by atoms with Crippen molar-refractivity contribution in [3.63, 3.8) is 0 Å². The van der Waals surface area contributed by atoms with Crippen LogP contribution >= 0.6 is 0 Å². The van der Waals surface area contributed by atoms with Gasteiger partial charge in [0.25, 0.3) is 11.3 Å². The molecule has 12 heteroatoms. The van der Waals surface area contributed by atoms with E-state index in [9.17, 15) is 26.9 Å². The molecule has 0 saturated heterocycles. The maximum atomic E-state index is 13.7. The first-order valence-electron chi connectivity index (χ1n) is 9.02. The summed E-state index contributed by atoms with van der Waals surface area (Å²) in [6.45, 7) is -2.98. The zero-order chi connectivity index (χ0) is 22.9. The number of halogens is 5. The molecule has 0 unspecified atom stereocenters. The molecule has 7 nitrogen and oxygen atoms in total. The summed E-state index contributed by atoms with van der Waals surface area (Å²) in [5.74, 6) is -0.0499. The Morgan fingerprint density at radius 3 is 2.50 bits per heavy atom. The van der Waals surface area contributed by atoms with Gasteiger partial charge in [-0.15, -0.1) is 4.91 Å². The van der Waals surface area contributed by atoms with Gasteiger partial charge in [0.1, 0.15) is 22.9 Å². The molecule has 0 saturated carbocycles. The van der Waals surface area contributed by atoms with Gasteiger partial charge in [0.2, 0.25) is 5.69 Å². The molecule has 0 aliphatic rings. The van der Waals surface area contributed by atoms with Gasteiger partial charge in [-0.2, -0.15) is 26.4 Å². The molecule has 32 heavy (non-hydrogen) atoms. The van der Waals surface area contributed by atoms with Gasteiger partial charge >= 0.3 is 12.8 Å². The molecule has 2 N–H and O–H groups in total. The number of rotatable bonds is 6. The Hall–Kier alpha value is -4.09. The van der Waals surface area contributed by atoms with Crippen LogP contribution in [0.3, 0.4) is 0 Å². The molecule has 3 heterocycles. The van der Waals surface area contributed by atoms with E-state index in [1.807, 2.05) is 0 Å². The van der Waals surface area contributed by atoms with E-state index >= 15 is 0 Å². The van der Waals surface area contributed by atoms with Crippen molar-refractivity contribution < 1.29 is 31.1 Å². The number of ether oxygens (including phenoxy) is 1. The summed E-state index contributed by atoms with van der Waals surface area (Å²) in [6, 6.07) is 12.3. The van der Waals surface area contributed by atoms with E-state index in [1.165, 1.54) is 47.0 Å². The highest BCUT2D eigenvalue weighted by molar-refractivity contribution is 5.68. The van der Waals surface area contributed by atoms with E-state index in [4.69, 9.17) is 0 Å². The van der Waals surface area contributed by atoms with Crippen molar-refractivity contribution in [1.82, 2.24) is 9.97 Å². The van der Waals surface area contributed by atoms with Gasteiger partial charge in [0, 0.05) is 17.8 Å². The van der Waals surface area contributed by atoms with Crippen molar-refractivity contribution in [3.05, 3.63) is 71.4 Å². The maximum absolute atomic E-state index is 13.7. The van der Waals surface area contributed by atoms with E-state index in [1.54, 1.807) is 12.1 Å². The monoisotopic (exact) mass is 450 g/mol. The number of imidazole rings is 1. The van der Waals surface area contributed by atoms with Gasteiger partial charge in [0.15, 0.2) is 0 Å². The fraction of sp³-hybridized carbons (Fsp3) is 0.100. The molecule has 1 aromatic carbocycles. The fourth-order valence-electron chi connectivity index (χ4n) is 3.13. The number of hydrogen-bond donors (Lipinski definition) is 2. The molecular weight excluding hydrogens is 437 g/mol. The van der Waals surface area contributed by atoms with Crippen molar-refractivity contribution in [2.24, 2.45) is 5.18 Å². The summed E-state index contributed by atoms with van der Waals surface area (Å²) in [6.07, 6.45) is -3.30. The van der Waals surface area contributed by atoms with Crippen molar-refractivity contribution in [2.75, 3.05) is 5.32 Å². The number of anilines is 2. The average molecular weight is 450 g/mol. The number of nitrogens with one attached hydrogen (secondary N) is 2. The normalized spacial score (nSPS) is 11.7. The summed E-state index contributed by atoms with van der Waals surface area (Å²) in [5, 5.41) is 5.64. The largest absolute Gasteiger partial charge is 0.457 e. The Morgan fingerprint density at radius 1 is 1.09 bits per heavy atom. The minimum atomic E-state index is -4.72. The molecule has 0 aliphatic carbocycles. The lowest BCUT2D eigenvalue weighted by atomic mass is 10.2. The molecule has 0 amide bonds. The first kappa shape index (κ1) is 21.2. The zero-order valence-electron chi connectivity index (χ0n) is 15.9. The van der Waals surface area contributed by atoms with Crippen LogP contribution in [0.1, 0.15) is 5.69 Å². The van der Waals surface area contributed by atoms with Gasteiger partial charge < -0.3 is 10.1 Å². The molecule has 0 bridgehead atoms. The predicted octanol–water partition coefficient (Wildman–Crippen LogP) is 5.58. The minimum Gasteiger partial charge on any atom is -0.435 e. The van der Waals surface area contributed by atoms with Crippen LogP contribution in [-0.2, 0) is 6.18 Å². The lowest BCUT2D eigenvalue weighted by Gasteiger charge is -2.10. The number of nitrogens with zero attached hydrogens (tertiary/aromatic N) is 3. The molecule has 0 radical (unpaired) electrons. The number of aromatic amines is 1. The lowest BCUT2D eigenvalue weighted by molar-refractivity contribution is -0.498. The van der Waals surface area contributed by atoms with E-state index in [-0.39, 0.29) is 34.3 Å². The van der Waals surface area contributed by atoms with Gasteiger partial charge in [-0.25, -0.2) is 9.97 Å². The van der Waals surface area contributed by atoms with Crippen LogP contribution in [0.25, 0.3) is 17.0 Å².